The van der Waals surface area contributed by atoms with E-state index < -0.39 is 14.8 Å². The van der Waals surface area contributed by atoms with E-state index in [1.54, 1.807) is 24.3 Å². The lowest BCUT2D eigenvalue weighted by molar-refractivity contribution is -0.384. The second kappa shape index (κ2) is 7.87. The van der Waals surface area contributed by atoms with Gasteiger partial charge in [0.2, 0.25) is 11.8 Å². The molecule has 0 aliphatic heterocycles. The lowest BCUT2D eigenvalue weighted by Crippen LogP contribution is -2.25. The van der Waals surface area contributed by atoms with Crippen LogP contribution in [0.15, 0.2) is 30.5 Å². The van der Waals surface area contributed by atoms with Crippen molar-refractivity contribution >= 4 is 33.0 Å². The summed E-state index contributed by atoms with van der Waals surface area (Å²) in [5.74, 6) is -0.157. The molecule has 0 unspecified atom stereocenters. The molecule has 2 aromatic rings. The molecule has 1 aromatic carbocycles. The molecule has 0 radical (unpaired) electrons. The van der Waals surface area contributed by atoms with Crippen LogP contribution in [0.5, 0.6) is 0 Å². The van der Waals surface area contributed by atoms with Crippen LogP contribution < -0.4 is 11.1 Å². The number of rotatable bonds is 6. The van der Waals surface area contributed by atoms with Crippen LogP contribution in [0, 0.1) is 10.1 Å². The van der Waals surface area contributed by atoms with Crippen LogP contribution in [0.1, 0.15) is 37.7 Å². The van der Waals surface area contributed by atoms with Crippen LogP contribution in [-0.2, 0) is 15.6 Å². The zero-order valence-corrected chi connectivity index (χ0v) is 15.5. The maximum Gasteiger partial charge on any atom is 0.329 e. The van der Waals surface area contributed by atoms with Crippen LogP contribution in [-0.4, -0.2) is 28.6 Å². The molecule has 0 amide bonds. The molecule has 0 spiro atoms. The minimum absolute atomic E-state index is 0.0174. The highest BCUT2D eigenvalue weighted by molar-refractivity contribution is 7.91. The second-order valence-corrected chi connectivity index (χ2v) is 8.89. The molecule has 1 fully saturated rings. The highest BCUT2D eigenvalue weighted by atomic mass is 32.2. The lowest BCUT2D eigenvalue weighted by Gasteiger charge is -2.21. The van der Waals surface area contributed by atoms with E-state index in [1.165, 1.54) is 0 Å². The van der Waals surface area contributed by atoms with Crippen molar-refractivity contribution in [2.24, 2.45) is 0 Å². The Morgan fingerprint density at radius 3 is 2.67 bits per heavy atom. The van der Waals surface area contributed by atoms with Crippen LogP contribution in [0.4, 0.5) is 23.1 Å². The zero-order valence-electron chi connectivity index (χ0n) is 14.7. The Kier molecular flexibility index (Phi) is 5.54. The van der Waals surface area contributed by atoms with Gasteiger partial charge in [0.1, 0.15) is 6.20 Å². The van der Waals surface area contributed by atoms with Crippen molar-refractivity contribution in [1.29, 1.82) is 0 Å². The molecule has 144 valence electrons. The van der Waals surface area contributed by atoms with Crippen LogP contribution >= 0.6 is 0 Å². The predicted octanol–water partition coefficient (Wildman–Crippen LogP) is 2.96. The Hall–Kier alpha value is -2.75. The summed E-state index contributed by atoms with van der Waals surface area (Å²) in [6.07, 6.45) is 5.52. The number of anilines is 3. The maximum atomic E-state index is 12.6. The van der Waals surface area contributed by atoms with Crippen LogP contribution in [0.3, 0.4) is 0 Å². The number of nitrogens with zero attached hydrogens (tertiary/aromatic N) is 3. The Bertz CT molecular complexity index is 942. The monoisotopic (exact) mass is 391 g/mol. The fourth-order valence-electron chi connectivity index (χ4n) is 3.23. The molecule has 3 rings (SSSR count). The quantitative estimate of drug-likeness (QED) is 0.565. The van der Waals surface area contributed by atoms with Crippen LogP contribution in [0.25, 0.3) is 0 Å². The number of nitrogens with one attached hydrogen (secondary N) is 1. The number of nitro groups is 1. The topological polar surface area (TPSA) is 141 Å². The van der Waals surface area contributed by atoms with Crippen molar-refractivity contribution in [2.75, 3.05) is 11.1 Å². The van der Waals surface area contributed by atoms with E-state index in [9.17, 15) is 18.5 Å². The molecular formula is C17H21N5O4S. The largest absolute Gasteiger partial charge is 0.378 e. The first kappa shape index (κ1) is 19.0. The van der Waals surface area contributed by atoms with Crippen molar-refractivity contribution in [3.05, 3.63) is 46.1 Å². The molecule has 1 saturated carbocycles. The van der Waals surface area contributed by atoms with Gasteiger partial charge in [0.25, 0.3) is 0 Å². The molecular weight excluding hydrogens is 370 g/mol. The third-order valence-corrected chi connectivity index (χ3v) is 6.83. The van der Waals surface area contributed by atoms with Gasteiger partial charge in [-0.25, -0.2) is 13.4 Å². The normalized spacial score (nSPS) is 15.4. The Balaban J connectivity index is 1.74. The van der Waals surface area contributed by atoms with Gasteiger partial charge in [0.15, 0.2) is 9.84 Å². The van der Waals surface area contributed by atoms with Crippen molar-refractivity contribution in [1.82, 2.24) is 9.97 Å². The van der Waals surface area contributed by atoms with Gasteiger partial charge in [0, 0.05) is 5.69 Å². The third kappa shape index (κ3) is 4.70. The van der Waals surface area contributed by atoms with E-state index >= 15 is 0 Å². The number of aromatic nitrogens is 2. The molecule has 0 atom stereocenters. The number of nitrogen functional groups attached to an aromatic ring is 1. The first-order chi connectivity index (χ1) is 12.8. The molecule has 1 heterocycles. The lowest BCUT2D eigenvalue weighted by atomic mass is 10.0. The summed E-state index contributed by atoms with van der Waals surface area (Å²) in [4.78, 5) is 17.8. The van der Waals surface area contributed by atoms with Gasteiger partial charge in [0.05, 0.1) is 15.9 Å². The molecule has 1 aliphatic carbocycles. The second-order valence-electron chi connectivity index (χ2n) is 6.61. The summed E-state index contributed by atoms with van der Waals surface area (Å²) in [7, 11) is -3.20. The van der Waals surface area contributed by atoms with E-state index in [2.05, 4.69) is 15.3 Å². The van der Waals surface area contributed by atoms with Gasteiger partial charge in [-0.2, -0.15) is 4.98 Å². The average Bonchev–Trinajstić information content (AvgIpc) is 2.62. The summed E-state index contributed by atoms with van der Waals surface area (Å²) >= 11 is 0. The molecule has 0 saturated heterocycles. The average molecular weight is 391 g/mol. The zero-order chi connectivity index (χ0) is 19.4. The first-order valence-electron chi connectivity index (χ1n) is 8.69. The Morgan fingerprint density at radius 2 is 2.00 bits per heavy atom. The van der Waals surface area contributed by atoms with Gasteiger partial charge >= 0.3 is 5.69 Å². The van der Waals surface area contributed by atoms with Gasteiger partial charge in [-0.15, -0.1) is 0 Å². The SMILES string of the molecule is Nc1nc(Nc2cccc(CS(=O)(=O)C3CCCCC3)c2)ncc1[N+](=O)[O-]. The summed E-state index contributed by atoms with van der Waals surface area (Å²) in [5, 5.41) is 13.4. The van der Waals surface area contributed by atoms with Crippen molar-refractivity contribution in [3.8, 4) is 0 Å². The number of hydrogen-bond acceptors (Lipinski definition) is 8. The molecule has 9 nitrogen and oxygen atoms in total. The number of nitrogens with two attached hydrogens (primary N) is 1. The van der Waals surface area contributed by atoms with Crippen molar-refractivity contribution in [3.63, 3.8) is 0 Å². The summed E-state index contributed by atoms with van der Waals surface area (Å²) in [6, 6.07) is 6.94. The summed E-state index contributed by atoms with van der Waals surface area (Å²) < 4.78 is 25.3. The van der Waals surface area contributed by atoms with E-state index in [1.807, 2.05) is 0 Å². The summed E-state index contributed by atoms with van der Waals surface area (Å²) in [6.45, 7) is 0. The highest BCUT2D eigenvalue weighted by Crippen LogP contribution is 2.27. The smallest absolute Gasteiger partial charge is 0.329 e. The van der Waals surface area contributed by atoms with E-state index in [0.717, 1.165) is 38.3 Å². The van der Waals surface area contributed by atoms with Gasteiger partial charge in [-0.1, -0.05) is 31.4 Å². The van der Waals surface area contributed by atoms with Crippen LogP contribution in [0.2, 0.25) is 0 Å². The number of sulfone groups is 1. The predicted molar refractivity (Wildman–Crippen MR) is 102 cm³/mol. The molecule has 10 heteroatoms. The Morgan fingerprint density at radius 1 is 1.26 bits per heavy atom. The highest BCUT2D eigenvalue weighted by Gasteiger charge is 2.27. The fraction of sp³-hybridized carbons (Fsp3) is 0.412. The first-order valence-corrected chi connectivity index (χ1v) is 10.4. The molecule has 3 N–H and O–H groups in total. The van der Waals surface area contributed by atoms with E-state index in [-0.39, 0.29) is 28.5 Å². The number of benzene rings is 1. The minimum Gasteiger partial charge on any atom is -0.378 e. The summed E-state index contributed by atoms with van der Waals surface area (Å²) in [5.41, 5.74) is 6.44. The minimum atomic E-state index is -3.20. The Labute approximate surface area is 157 Å². The maximum absolute atomic E-state index is 12.6. The molecule has 1 aliphatic rings. The number of hydrogen-bond donors (Lipinski definition) is 2. The van der Waals surface area contributed by atoms with Crippen molar-refractivity contribution in [2.45, 2.75) is 43.1 Å². The third-order valence-electron chi connectivity index (χ3n) is 4.61. The standard InChI is InChI=1S/C17H21N5O4S/c18-16-15(22(23)24)10-19-17(21-16)20-13-6-4-5-12(9-13)11-27(25,26)14-7-2-1-3-8-14/h4-6,9-10,14H,1-3,7-8,11H2,(H3,18,19,20,21). The van der Waals surface area contributed by atoms with Gasteiger partial charge in [-0.3, -0.25) is 10.1 Å². The van der Waals surface area contributed by atoms with Crippen molar-refractivity contribution < 1.29 is 13.3 Å². The van der Waals surface area contributed by atoms with E-state index in [4.69, 9.17) is 5.73 Å². The fourth-order valence-corrected chi connectivity index (χ4v) is 5.16. The van der Waals surface area contributed by atoms with E-state index in [0.29, 0.717) is 11.3 Å². The van der Waals surface area contributed by atoms with Gasteiger partial charge in [-0.05, 0) is 30.5 Å². The molecule has 1 aromatic heterocycles. The molecule has 0 bridgehead atoms. The van der Waals surface area contributed by atoms with Gasteiger partial charge < -0.3 is 11.1 Å². The molecule has 27 heavy (non-hydrogen) atoms.